The van der Waals surface area contributed by atoms with Crippen molar-refractivity contribution in [1.82, 2.24) is 27.1 Å². The van der Waals surface area contributed by atoms with Gasteiger partial charge in [0.05, 0.1) is 13.2 Å². The van der Waals surface area contributed by atoms with Gasteiger partial charge in [-0.25, -0.2) is 9.93 Å². The molecular formula is C20H23FN6O4. The van der Waals surface area contributed by atoms with E-state index in [1.165, 1.54) is 26.2 Å². The highest BCUT2D eigenvalue weighted by atomic mass is 19.1. The van der Waals surface area contributed by atoms with Gasteiger partial charge in [-0.1, -0.05) is 24.3 Å². The van der Waals surface area contributed by atoms with Crippen LogP contribution in [0.15, 0.2) is 47.6 Å². The molecule has 0 aliphatic carbocycles. The van der Waals surface area contributed by atoms with Gasteiger partial charge in [0.1, 0.15) is 17.6 Å². The van der Waals surface area contributed by atoms with Crippen LogP contribution in [0, 0.1) is 5.82 Å². The molecular weight excluding hydrogens is 407 g/mol. The largest absolute Gasteiger partial charge is 0.496 e. The standard InChI is InChI=1S/C20H23FN6O4/c1-11(19(29)30)22-16(18(28)23-20-24-26-27-25-20)9-12-3-5-13(6-4-12)15-10-14(21)7-8-17(15)31-2/h3-8,10-11,16,22,26-27H,9H2,1-2H3,(H,29,30)(H2,23,24,25,28)/t11-,16-/m0/s1. The van der Waals surface area contributed by atoms with Gasteiger partial charge in [-0.3, -0.25) is 25.6 Å². The number of hydrazone groups is 1. The molecule has 3 rings (SSSR count). The van der Waals surface area contributed by atoms with Crippen molar-refractivity contribution in [2.75, 3.05) is 7.11 Å². The highest BCUT2D eigenvalue weighted by Crippen LogP contribution is 2.30. The molecule has 0 aromatic heterocycles. The highest BCUT2D eigenvalue weighted by molar-refractivity contribution is 5.99. The number of hydrogen-bond acceptors (Lipinski definition) is 8. The minimum Gasteiger partial charge on any atom is -0.496 e. The monoisotopic (exact) mass is 430 g/mol. The molecule has 11 heteroatoms. The molecule has 164 valence electrons. The molecule has 0 saturated carbocycles. The zero-order valence-electron chi connectivity index (χ0n) is 16.9. The molecule has 10 nitrogen and oxygen atoms in total. The lowest BCUT2D eigenvalue weighted by molar-refractivity contribution is -0.139. The van der Waals surface area contributed by atoms with Crippen LogP contribution in [-0.2, 0) is 16.0 Å². The van der Waals surface area contributed by atoms with Crippen molar-refractivity contribution in [2.24, 2.45) is 5.10 Å². The molecule has 2 atom stereocenters. The molecule has 2 aromatic rings. The van der Waals surface area contributed by atoms with Crippen molar-refractivity contribution in [3.05, 3.63) is 53.8 Å². The third-order valence-corrected chi connectivity index (χ3v) is 4.65. The summed E-state index contributed by atoms with van der Waals surface area (Å²) >= 11 is 0. The lowest BCUT2D eigenvalue weighted by Crippen LogP contribution is -2.54. The number of benzene rings is 2. The second kappa shape index (κ2) is 9.87. The van der Waals surface area contributed by atoms with E-state index in [2.05, 4.69) is 32.2 Å². The number of rotatable bonds is 8. The maximum atomic E-state index is 13.7. The SMILES string of the molecule is COc1ccc(F)cc1-c1ccc(C[C@H](N[C@@H](C)C(=O)O)C(=O)NC2=NNNN2)cc1. The zero-order valence-corrected chi connectivity index (χ0v) is 16.9. The van der Waals surface area contributed by atoms with Crippen LogP contribution >= 0.6 is 0 Å². The predicted molar refractivity (Wildman–Crippen MR) is 111 cm³/mol. The number of carbonyl (C=O) groups is 2. The number of nitrogens with one attached hydrogen (secondary N) is 5. The van der Waals surface area contributed by atoms with Crippen LogP contribution < -0.4 is 31.9 Å². The van der Waals surface area contributed by atoms with E-state index in [0.29, 0.717) is 11.3 Å². The number of nitrogens with zero attached hydrogens (tertiary/aromatic N) is 1. The second-order valence-corrected chi connectivity index (χ2v) is 6.84. The fraction of sp³-hybridized carbons (Fsp3) is 0.250. The maximum absolute atomic E-state index is 13.7. The number of halogens is 1. The predicted octanol–water partition coefficient (Wildman–Crippen LogP) is 0.475. The number of methoxy groups -OCH3 is 1. The molecule has 2 aromatic carbocycles. The summed E-state index contributed by atoms with van der Waals surface area (Å²) < 4.78 is 19.0. The summed E-state index contributed by atoms with van der Waals surface area (Å²) in [4.78, 5) is 23.9. The molecule has 1 heterocycles. The Morgan fingerprint density at radius 2 is 1.97 bits per heavy atom. The Kier molecular flexibility index (Phi) is 7.00. The number of guanidine groups is 1. The Morgan fingerprint density at radius 1 is 1.23 bits per heavy atom. The summed E-state index contributed by atoms with van der Waals surface area (Å²) in [6, 6.07) is 9.65. The van der Waals surface area contributed by atoms with Gasteiger partial charge in [-0.15, -0.1) is 10.6 Å². The molecule has 0 fully saturated rings. The van der Waals surface area contributed by atoms with Crippen LogP contribution in [0.25, 0.3) is 11.1 Å². The Labute approximate surface area is 177 Å². The van der Waals surface area contributed by atoms with Gasteiger partial charge in [-0.2, -0.15) is 0 Å². The van der Waals surface area contributed by atoms with Crippen LogP contribution in [0.5, 0.6) is 5.75 Å². The first kappa shape index (κ1) is 22.0. The summed E-state index contributed by atoms with van der Waals surface area (Å²) in [6.07, 6.45) is 0.220. The van der Waals surface area contributed by atoms with Gasteiger partial charge >= 0.3 is 5.97 Å². The first-order valence-electron chi connectivity index (χ1n) is 9.43. The lowest BCUT2D eigenvalue weighted by atomic mass is 9.99. The molecule has 0 spiro atoms. The molecule has 0 saturated heterocycles. The molecule has 1 aliphatic rings. The zero-order chi connectivity index (χ0) is 22.4. The fourth-order valence-corrected chi connectivity index (χ4v) is 3.02. The smallest absolute Gasteiger partial charge is 0.320 e. The molecule has 0 unspecified atom stereocenters. The molecule has 0 bridgehead atoms. The van der Waals surface area contributed by atoms with E-state index in [9.17, 15) is 19.1 Å². The van der Waals surface area contributed by atoms with E-state index in [0.717, 1.165) is 11.1 Å². The Hall–Kier alpha value is -3.70. The molecule has 31 heavy (non-hydrogen) atoms. The number of aliphatic carboxylic acids is 1. The summed E-state index contributed by atoms with van der Waals surface area (Å²) in [5, 5.41) is 18.3. The number of hydrazine groups is 2. The normalized spacial score (nSPS) is 14.6. The minimum atomic E-state index is -1.08. The van der Waals surface area contributed by atoms with E-state index in [-0.39, 0.29) is 18.2 Å². The average molecular weight is 430 g/mol. The van der Waals surface area contributed by atoms with Gasteiger partial charge in [0.15, 0.2) is 0 Å². The van der Waals surface area contributed by atoms with Crippen molar-refractivity contribution in [3.63, 3.8) is 0 Å². The van der Waals surface area contributed by atoms with Crippen molar-refractivity contribution in [3.8, 4) is 16.9 Å². The summed E-state index contributed by atoms with van der Waals surface area (Å²) in [7, 11) is 1.51. The van der Waals surface area contributed by atoms with Gasteiger partial charge in [0.25, 0.3) is 0 Å². The van der Waals surface area contributed by atoms with E-state index >= 15 is 0 Å². The van der Waals surface area contributed by atoms with Crippen molar-refractivity contribution < 1.29 is 23.8 Å². The third kappa shape index (κ3) is 5.68. The first-order valence-corrected chi connectivity index (χ1v) is 9.43. The number of carboxylic acids is 1. The van der Waals surface area contributed by atoms with Gasteiger partial charge in [0.2, 0.25) is 11.9 Å². The number of carboxylic acid groups (broad SMARTS) is 1. The van der Waals surface area contributed by atoms with Gasteiger partial charge in [0, 0.05) is 5.56 Å². The summed E-state index contributed by atoms with van der Waals surface area (Å²) in [6.45, 7) is 1.45. The van der Waals surface area contributed by atoms with E-state index in [1.807, 2.05) is 0 Å². The number of hydrogen-bond donors (Lipinski definition) is 6. The van der Waals surface area contributed by atoms with Crippen LogP contribution in [0.4, 0.5) is 4.39 Å². The van der Waals surface area contributed by atoms with E-state index in [4.69, 9.17) is 4.74 Å². The van der Waals surface area contributed by atoms with Crippen LogP contribution in [0.2, 0.25) is 0 Å². The quantitative estimate of drug-likeness (QED) is 0.356. The van der Waals surface area contributed by atoms with Crippen molar-refractivity contribution in [1.29, 1.82) is 0 Å². The number of carbonyl (C=O) groups excluding carboxylic acids is 1. The Bertz CT molecular complexity index is 982. The molecule has 1 aliphatic heterocycles. The molecule has 1 amide bonds. The van der Waals surface area contributed by atoms with Gasteiger partial charge < -0.3 is 9.84 Å². The summed E-state index contributed by atoms with van der Waals surface area (Å²) in [5.41, 5.74) is 9.63. The molecule has 6 N–H and O–H groups in total. The van der Waals surface area contributed by atoms with E-state index in [1.54, 1.807) is 30.3 Å². The van der Waals surface area contributed by atoms with Crippen LogP contribution in [0.1, 0.15) is 12.5 Å². The van der Waals surface area contributed by atoms with Crippen molar-refractivity contribution in [2.45, 2.75) is 25.4 Å². The topological polar surface area (TPSA) is 136 Å². The number of ether oxygens (including phenoxy) is 1. The van der Waals surface area contributed by atoms with Crippen molar-refractivity contribution >= 4 is 17.8 Å². The molecule has 0 radical (unpaired) electrons. The maximum Gasteiger partial charge on any atom is 0.320 e. The van der Waals surface area contributed by atoms with E-state index < -0.39 is 24.0 Å². The Balaban J connectivity index is 1.78. The van der Waals surface area contributed by atoms with Gasteiger partial charge in [-0.05, 0) is 42.7 Å². The van der Waals surface area contributed by atoms with Crippen LogP contribution in [-0.4, -0.2) is 42.1 Å². The minimum absolute atomic E-state index is 0.160. The average Bonchev–Trinajstić information content (AvgIpc) is 3.26. The highest BCUT2D eigenvalue weighted by Gasteiger charge is 2.25. The summed E-state index contributed by atoms with van der Waals surface area (Å²) in [5.74, 6) is -1.22. The first-order chi connectivity index (χ1) is 14.9. The number of amides is 1. The second-order valence-electron chi connectivity index (χ2n) is 6.84. The third-order valence-electron chi connectivity index (χ3n) is 4.65. The lowest BCUT2D eigenvalue weighted by Gasteiger charge is -2.21. The van der Waals surface area contributed by atoms with Crippen LogP contribution in [0.3, 0.4) is 0 Å². The fourth-order valence-electron chi connectivity index (χ4n) is 3.02. The Morgan fingerprint density at radius 3 is 2.58 bits per heavy atom.